The summed E-state index contributed by atoms with van der Waals surface area (Å²) in [5.74, 6) is 0.722. The van der Waals surface area contributed by atoms with Crippen LogP contribution in [0.15, 0.2) is 12.1 Å². The molecule has 1 heterocycles. The predicted molar refractivity (Wildman–Crippen MR) is 77.4 cm³/mol. The largest absolute Gasteiger partial charge is 0.480 e. The zero-order chi connectivity index (χ0) is 14.5. The molecule has 110 valence electrons. The summed E-state index contributed by atoms with van der Waals surface area (Å²) >= 11 is 0. The topological polar surface area (TPSA) is 51.7 Å². The molecule has 0 N–H and O–H groups in total. The van der Waals surface area contributed by atoms with Gasteiger partial charge in [0.15, 0.2) is 0 Å². The van der Waals surface area contributed by atoms with E-state index in [0.717, 1.165) is 5.82 Å². The highest BCUT2D eigenvalue weighted by molar-refractivity contribution is 5.92. The summed E-state index contributed by atoms with van der Waals surface area (Å²) in [5, 5.41) is 0. The van der Waals surface area contributed by atoms with Crippen molar-refractivity contribution in [2.24, 2.45) is 0 Å². The molecule has 1 saturated carbocycles. The number of carbonyl (C=O) groups excluding carboxylic acids is 1. The number of rotatable bonds is 4. The number of anilines is 1. The van der Waals surface area contributed by atoms with Gasteiger partial charge in [-0.3, -0.25) is 0 Å². The molecule has 1 aliphatic rings. The van der Waals surface area contributed by atoms with Crippen LogP contribution in [-0.4, -0.2) is 38.3 Å². The summed E-state index contributed by atoms with van der Waals surface area (Å²) < 4.78 is 9.93. The highest BCUT2D eigenvalue weighted by Crippen LogP contribution is 2.27. The average molecular weight is 278 g/mol. The molecule has 0 aliphatic heterocycles. The van der Waals surface area contributed by atoms with E-state index in [4.69, 9.17) is 9.47 Å². The number of methoxy groups -OCH3 is 2. The molecule has 0 spiro atoms. The second kappa shape index (κ2) is 6.59. The van der Waals surface area contributed by atoms with Crippen LogP contribution in [0.3, 0.4) is 0 Å². The number of hydrogen-bond donors (Lipinski definition) is 0. The molecule has 1 aromatic rings. The van der Waals surface area contributed by atoms with E-state index >= 15 is 0 Å². The molecule has 0 bridgehead atoms. The van der Waals surface area contributed by atoms with Gasteiger partial charge in [0.2, 0.25) is 5.88 Å². The molecule has 1 aliphatic carbocycles. The Hall–Kier alpha value is -1.78. The summed E-state index contributed by atoms with van der Waals surface area (Å²) in [6, 6.07) is 4.08. The summed E-state index contributed by atoms with van der Waals surface area (Å²) in [6.07, 6.45) is 6.25. The molecule has 1 aromatic heterocycles. The van der Waals surface area contributed by atoms with Gasteiger partial charge in [0.25, 0.3) is 0 Å². The number of carbonyl (C=O) groups is 1. The van der Waals surface area contributed by atoms with Gasteiger partial charge in [0.1, 0.15) is 11.4 Å². The van der Waals surface area contributed by atoms with Crippen LogP contribution < -0.4 is 9.64 Å². The molecule has 0 radical (unpaired) electrons. The second-order valence-corrected chi connectivity index (χ2v) is 5.12. The fraction of sp³-hybridized carbons (Fsp3) is 0.600. The molecule has 0 saturated heterocycles. The standard InChI is InChI=1S/C15H22N2O3/c1-17(11-7-5-4-6-8-11)13-10-9-12(15(18)20-3)14(16-13)19-2/h9-11H,4-8H2,1-3H3. The summed E-state index contributed by atoms with van der Waals surface area (Å²) in [4.78, 5) is 18.2. The van der Waals surface area contributed by atoms with E-state index in [1.165, 1.54) is 46.3 Å². The number of pyridine rings is 1. The van der Waals surface area contributed by atoms with Crippen molar-refractivity contribution in [3.63, 3.8) is 0 Å². The summed E-state index contributed by atoms with van der Waals surface area (Å²) in [7, 11) is 4.92. The lowest BCUT2D eigenvalue weighted by Crippen LogP contribution is -2.34. The SMILES string of the molecule is COC(=O)c1ccc(N(C)C2CCCCC2)nc1OC. The molecule has 1 fully saturated rings. The van der Waals surface area contributed by atoms with E-state index in [1.807, 2.05) is 6.07 Å². The Bertz CT molecular complexity index is 470. The highest BCUT2D eigenvalue weighted by Gasteiger charge is 2.21. The van der Waals surface area contributed by atoms with Crippen molar-refractivity contribution < 1.29 is 14.3 Å². The van der Waals surface area contributed by atoms with Crippen molar-refractivity contribution in [2.45, 2.75) is 38.1 Å². The van der Waals surface area contributed by atoms with Crippen molar-refractivity contribution in [2.75, 3.05) is 26.2 Å². The first-order valence-electron chi connectivity index (χ1n) is 7.03. The minimum Gasteiger partial charge on any atom is -0.480 e. The first-order chi connectivity index (χ1) is 9.67. The highest BCUT2D eigenvalue weighted by atomic mass is 16.5. The Morgan fingerprint density at radius 3 is 2.55 bits per heavy atom. The van der Waals surface area contributed by atoms with Gasteiger partial charge in [-0.1, -0.05) is 19.3 Å². The quantitative estimate of drug-likeness (QED) is 0.792. The van der Waals surface area contributed by atoms with E-state index < -0.39 is 5.97 Å². The van der Waals surface area contributed by atoms with E-state index in [1.54, 1.807) is 6.07 Å². The van der Waals surface area contributed by atoms with Crippen molar-refractivity contribution >= 4 is 11.8 Å². The van der Waals surface area contributed by atoms with Crippen molar-refractivity contribution in [3.8, 4) is 5.88 Å². The third kappa shape index (κ3) is 3.03. The van der Waals surface area contributed by atoms with Crippen LogP contribution in [0.5, 0.6) is 5.88 Å². The van der Waals surface area contributed by atoms with Gasteiger partial charge in [0, 0.05) is 13.1 Å². The Labute approximate surface area is 119 Å². The smallest absolute Gasteiger partial charge is 0.343 e. The third-order valence-corrected chi connectivity index (χ3v) is 3.93. The minimum atomic E-state index is -0.429. The van der Waals surface area contributed by atoms with Crippen LogP contribution in [0, 0.1) is 0 Å². The first kappa shape index (κ1) is 14.6. The van der Waals surface area contributed by atoms with Gasteiger partial charge in [-0.2, -0.15) is 4.98 Å². The van der Waals surface area contributed by atoms with Gasteiger partial charge in [-0.15, -0.1) is 0 Å². The van der Waals surface area contributed by atoms with Gasteiger partial charge in [0.05, 0.1) is 14.2 Å². The maximum atomic E-state index is 11.6. The van der Waals surface area contributed by atoms with Crippen LogP contribution in [0.2, 0.25) is 0 Å². The first-order valence-corrected chi connectivity index (χ1v) is 7.03. The maximum Gasteiger partial charge on any atom is 0.343 e. The lowest BCUT2D eigenvalue weighted by atomic mass is 9.94. The molecule has 0 aromatic carbocycles. The van der Waals surface area contributed by atoms with Crippen LogP contribution in [0.4, 0.5) is 5.82 Å². The fourth-order valence-corrected chi connectivity index (χ4v) is 2.70. The number of nitrogens with zero attached hydrogens (tertiary/aromatic N) is 2. The number of hydrogen-bond acceptors (Lipinski definition) is 5. The lowest BCUT2D eigenvalue weighted by Gasteiger charge is -2.32. The molecule has 20 heavy (non-hydrogen) atoms. The maximum absolute atomic E-state index is 11.6. The van der Waals surface area contributed by atoms with Crippen LogP contribution in [0.25, 0.3) is 0 Å². The molecule has 5 nitrogen and oxygen atoms in total. The second-order valence-electron chi connectivity index (χ2n) is 5.12. The molecule has 5 heteroatoms. The Morgan fingerprint density at radius 2 is 1.95 bits per heavy atom. The van der Waals surface area contributed by atoms with Gasteiger partial charge in [-0.05, 0) is 25.0 Å². The Balaban J connectivity index is 2.22. The molecular weight excluding hydrogens is 256 g/mol. The zero-order valence-electron chi connectivity index (χ0n) is 12.4. The van der Waals surface area contributed by atoms with Crippen LogP contribution in [0.1, 0.15) is 42.5 Å². The van der Waals surface area contributed by atoms with Gasteiger partial charge >= 0.3 is 5.97 Å². The number of aromatic nitrogens is 1. The zero-order valence-corrected chi connectivity index (χ0v) is 12.4. The minimum absolute atomic E-state index is 0.317. The summed E-state index contributed by atoms with van der Waals surface area (Å²) in [5.41, 5.74) is 0.357. The molecule has 0 atom stereocenters. The van der Waals surface area contributed by atoms with E-state index in [-0.39, 0.29) is 0 Å². The fourth-order valence-electron chi connectivity index (χ4n) is 2.70. The molecular formula is C15H22N2O3. The number of ether oxygens (including phenoxy) is 2. The van der Waals surface area contributed by atoms with E-state index in [0.29, 0.717) is 17.5 Å². The normalized spacial score (nSPS) is 15.8. The van der Waals surface area contributed by atoms with Gasteiger partial charge in [-0.25, -0.2) is 4.79 Å². The van der Waals surface area contributed by atoms with Crippen molar-refractivity contribution in [1.29, 1.82) is 0 Å². The summed E-state index contributed by atoms with van der Waals surface area (Å²) in [6.45, 7) is 0. The van der Waals surface area contributed by atoms with Crippen molar-refractivity contribution in [3.05, 3.63) is 17.7 Å². The Morgan fingerprint density at radius 1 is 1.25 bits per heavy atom. The van der Waals surface area contributed by atoms with Crippen LogP contribution in [-0.2, 0) is 4.74 Å². The molecule has 0 unspecified atom stereocenters. The van der Waals surface area contributed by atoms with Crippen molar-refractivity contribution in [1.82, 2.24) is 4.98 Å². The molecule has 2 rings (SSSR count). The monoisotopic (exact) mass is 278 g/mol. The lowest BCUT2D eigenvalue weighted by molar-refractivity contribution is 0.0596. The molecule has 0 amide bonds. The number of esters is 1. The predicted octanol–water partition coefficient (Wildman–Crippen LogP) is 2.65. The average Bonchev–Trinajstić information content (AvgIpc) is 2.53. The van der Waals surface area contributed by atoms with Crippen LogP contribution >= 0.6 is 0 Å². The third-order valence-electron chi connectivity index (χ3n) is 3.93. The van der Waals surface area contributed by atoms with E-state index in [9.17, 15) is 4.79 Å². The van der Waals surface area contributed by atoms with E-state index in [2.05, 4.69) is 16.9 Å². The Kier molecular flexibility index (Phi) is 4.82. The van der Waals surface area contributed by atoms with Gasteiger partial charge < -0.3 is 14.4 Å².